The molecule has 4 nitrogen and oxygen atoms in total. The van der Waals surface area contributed by atoms with E-state index in [9.17, 15) is 27.2 Å². The smallest absolute Gasteiger partial charge is 0.350 e. The number of nitrogens with one attached hydrogen (secondary N) is 1. The van der Waals surface area contributed by atoms with Crippen LogP contribution in [0.4, 0.5) is 17.6 Å². The maximum absolute atomic E-state index is 13.5. The molecule has 35 heavy (non-hydrogen) atoms. The summed E-state index contributed by atoms with van der Waals surface area (Å²) in [6.07, 6.45) is -4.48. The van der Waals surface area contributed by atoms with E-state index in [0.717, 1.165) is 17.7 Å². The first-order valence-electron chi connectivity index (χ1n) is 10.8. The average molecular weight is 503 g/mol. The molecular weight excluding hydrogens is 480 g/mol. The molecule has 1 aliphatic rings. The fourth-order valence-corrected chi connectivity index (χ4v) is 5.28. The van der Waals surface area contributed by atoms with Crippen molar-refractivity contribution in [2.24, 2.45) is 0 Å². The normalized spacial score (nSPS) is 17.9. The summed E-state index contributed by atoms with van der Waals surface area (Å²) in [6.45, 7) is 1.78. The molecule has 0 bridgehead atoms. The molecule has 0 aromatic heterocycles. The predicted octanol–water partition coefficient (Wildman–Crippen LogP) is 5.73. The van der Waals surface area contributed by atoms with Gasteiger partial charge in [0.2, 0.25) is 5.91 Å². The lowest BCUT2D eigenvalue weighted by Crippen LogP contribution is -2.47. The van der Waals surface area contributed by atoms with Crippen LogP contribution in [0.25, 0.3) is 0 Å². The lowest BCUT2D eigenvalue weighted by atomic mass is 10.1. The Bertz CT molecular complexity index is 1210. The molecule has 1 aliphatic heterocycles. The van der Waals surface area contributed by atoms with Crippen molar-refractivity contribution in [1.29, 1.82) is 0 Å². The number of hydrogen-bond donors (Lipinski definition) is 1. The molecule has 0 spiro atoms. The van der Waals surface area contributed by atoms with Gasteiger partial charge in [-0.2, -0.15) is 13.2 Å². The Balaban J connectivity index is 1.57. The minimum Gasteiger partial charge on any atom is -0.350 e. The van der Waals surface area contributed by atoms with Gasteiger partial charge in [-0.05, 0) is 54.4 Å². The van der Waals surface area contributed by atoms with Crippen molar-refractivity contribution in [1.82, 2.24) is 10.2 Å². The number of aryl methyl sites for hydroxylation is 1. The number of rotatable bonds is 5. The van der Waals surface area contributed by atoms with E-state index < -0.39 is 34.9 Å². The second-order valence-corrected chi connectivity index (χ2v) is 9.36. The van der Waals surface area contributed by atoms with E-state index in [1.807, 2.05) is 6.92 Å². The molecule has 1 N–H and O–H groups in total. The highest BCUT2D eigenvalue weighted by atomic mass is 32.2. The van der Waals surface area contributed by atoms with Gasteiger partial charge in [-0.3, -0.25) is 9.59 Å². The molecule has 3 aromatic rings. The topological polar surface area (TPSA) is 49.4 Å². The second-order valence-electron chi connectivity index (χ2n) is 8.25. The first-order valence-corrected chi connectivity index (χ1v) is 11.9. The predicted molar refractivity (Wildman–Crippen MR) is 126 cm³/mol. The molecular formula is C26H22F4N2O2S. The molecule has 1 heterocycles. The van der Waals surface area contributed by atoms with Crippen LogP contribution in [0, 0.1) is 12.7 Å². The molecule has 2 unspecified atom stereocenters. The van der Waals surface area contributed by atoms with Gasteiger partial charge in [-0.15, -0.1) is 11.8 Å². The summed E-state index contributed by atoms with van der Waals surface area (Å²) in [5, 5.41) is 2.15. The SMILES string of the molecule is Cc1ccc(C(=O)N2C(C(=O)NCc3cccc(C(F)(F)F)c3)CSC2c2ccc(F)cc2)cc1. The van der Waals surface area contributed by atoms with Crippen LogP contribution in [-0.4, -0.2) is 28.5 Å². The average Bonchev–Trinajstić information content (AvgIpc) is 3.28. The summed E-state index contributed by atoms with van der Waals surface area (Å²) in [6, 6.07) is 16.6. The Morgan fingerprint density at radius 2 is 1.71 bits per heavy atom. The lowest BCUT2D eigenvalue weighted by Gasteiger charge is -2.29. The van der Waals surface area contributed by atoms with Gasteiger partial charge in [0, 0.05) is 17.9 Å². The van der Waals surface area contributed by atoms with Crippen LogP contribution in [0.5, 0.6) is 0 Å². The Morgan fingerprint density at radius 1 is 1.03 bits per heavy atom. The van der Waals surface area contributed by atoms with Crippen LogP contribution in [0.1, 0.15) is 38.0 Å². The zero-order chi connectivity index (χ0) is 25.2. The number of carbonyl (C=O) groups excluding carboxylic acids is 2. The quantitative estimate of drug-likeness (QED) is 0.454. The number of benzene rings is 3. The minimum absolute atomic E-state index is 0.113. The van der Waals surface area contributed by atoms with Gasteiger partial charge >= 0.3 is 6.18 Å². The van der Waals surface area contributed by atoms with E-state index in [1.54, 1.807) is 36.4 Å². The molecule has 0 aliphatic carbocycles. The molecule has 9 heteroatoms. The summed E-state index contributed by atoms with van der Waals surface area (Å²) in [5.74, 6) is -0.958. The van der Waals surface area contributed by atoms with E-state index in [2.05, 4.69) is 5.32 Å². The summed E-state index contributed by atoms with van der Waals surface area (Å²) in [4.78, 5) is 28.1. The molecule has 0 saturated carbocycles. The number of amides is 2. The van der Waals surface area contributed by atoms with E-state index in [0.29, 0.717) is 16.7 Å². The van der Waals surface area contributed by atoms with Crippen molar-refractivity contribution in [3.05, 3.63) is 106 Å². The van der Waals surface area contributed by atoms with Crippen LogP contribution in [0.15, 0.2) is 72.8 Å². The Morgan fingerprint density at radius 3 is 2.37 bits per heavy atom. The van der Waals surface area contributed by atoms with Gasteiger partial charge in [-0.1, -0.05) is 42.0 Å². The van der Waals surface area contributed by atoms with Crippen LogP contribution in [0.2, 0.25) is 0 Å². The molecule has 2 atom stereocenters. The molecule has 182 valence electrons. The van der Waals surface area contributed by atoms with Crippen LogP contribution in [0.3, 0.4) is 0 Å². The van der Waals surface area contributed by atoms with Crippen LogP contribution >= 0.6 is 11.8 Å². The second kappa shape index (κ2) is 10.1. The number of halogens is 4. The molecule has 0 radical (unpaired) electrons. The van der Waals surface area contributed by atoms with Crippen molar-refractivity contribution >= 4 is 23.6 Å². The van der Waals surface area contributed by atoms with Gasteiger partial charge in [-0.25, -0.2) is 4.39 Å². The standard InChI is InChI=1S/C26H22F4N2O2S/c1-16-5-7-18(8-6-16)24(34)32-22(15-35-25(32)19-9-11-21(27)12-10-19)23(33)31-14-17-3-2-4-20(13-17)26(28,29)30/h2-13,22,25H,14-15H2,1H3,(H,31,33). The zero-order valence-corrected chi connectivity index (χ0v) is 19.5. The molecule has 4 rings (SSSR count). The zero-order valence-electron chi connectivity index (χ0n) is 18.7. The van der Waals surface area contributed by atoms with Gasteiger partial charge in [0.1, 0.15) is 17.2 Å². The molecule has 3 aromatic carbocycles. The van der Waals surface area contributed by atoms with E-state index in [4.69, 9.17) is 0 Å². The van der Waals surface area contributed by atoms with Gasteiger partial charge in [0.15, 0.2) is 0 Å². The number of nitrogens with zero attached hydrogens (tertiary/aromatic N) is 1. The third-order valence-corrected chi connectivity index (χ3v) is 7.04. The summed E-state index contributed by atoms with van der Waals surface area (Å²) in [5.41, 5.74) is 1.55. The van der Waals surface area contributed by atoms with Crippen molar-refractivity contribution < 1.29 is 27.2 Å². The Hall–Kier alpha value is -3.33. The van der Waals surface area contributed by atoms with E-state index in [1.165, 1.54) is 40.9 Å². The minimum atomic E-state index is -4.48. The largest absolute Gasteiger partial charge is 0.416 e. The van der Waals surface area contributed by atoms with Gasteiger partial charge in [0.25, 0.3) is 5.91 Å². The number of thioether (sulfide) groups is 1. The Kier molecular flexibility index (Phi) is 7.16. The fourth-order valence-electron chi connectivity index (χ4n) is 3.85. The number of alkyl halides is 3. The van der Waals surface area contributed by atoms with E-state index >= 15 is 0 Å². The van der Waals surface area contributed by atoms with Crippen molar-refractivity contribution in [2.45, 2.75) is 31.1 Å². The summed E-state index contributed by atoms with van der Waals surface area (Å²) >= 11 is 1.37. The maximum Gasteiger partial charge on any atom is 0.416 e. The Labute approximate surface area is 204 Å². The van der Waals surface area contributed by atoms with Gasteiger partial charge in [0.05, 0.1) is 5.56 Å². The summed E-state index contributed by atoms with van der Waals surface area (Å²) < 4.78 is 52.5. The molecule has 1 fully saturated rings. The first kappa shape index (κ1) is 24.8. The lowest BCUT2D eigenvalue weighted by molar-refractivity contribution is -0.137. The molecule has 2 amide bonds. The monoisotopic (exact) mass is 502 g/mol. The highest BCUT2D eigenvalue weighted by molar-refractivity contribution is 7.99. The summed E-state index contributed by atoms with van der Waals surface area (Å²) in [7, 11) is 0. The highest BCUT2D eigenvalue weighted by Crippen LogP contribution is 2.42. The number of hydrogen-bond acceptors (Lipinski definition) is 3. The third kappa shape index (κ3) is 5.67. The van der Waals surface area contributed by atoms with Crippen molar-refractivity contribution in [3.63, 3.8) is 0 Å². The molecule has 1 saturated heterocycles. The number of carbonyl (C=O) groups is 2. The van der Waals surface area contributed by atoms with Crippen LogP contribution < -0.4 is 5.32 Å². The van der Waals surface area contributed by atoms with Crippen molar-refractivity contribution in [3.8, 4) is 0 Å². The first-order chi connectivity index (χ1) is 16.6. The maximum atomic E-state index is 13.5. The van der Waals surface area contributed by atoms with E-state index in [-0.39, 0.29) is 18.2 Å². The third-order valence-electron chi connectivity index (χ3n) is 5.71. The fraction of sp³-hybridized carbons (Fsp3) is 0.231. The van der Waals surface area contributed by atoms with Crippen molar-refractivity contribution in [2.75, 3.05) is 5.75 Å². The highest BCUT2D eigenvalue weighted by Gasteiger charge is 2.42. The van der Waals surface area contributed by atoms with Gasteiger partial charge < -0.3 is 10.2 Å². The van der Waals surface area contributed by atoms with Crippen LogP contribution in [-0.2, 0) is 17.5 Å².